The van der Waals surface area contributed by atoms with Crippen molar-refractivity contribution < 1.29 is 19.0 Å². The van der Waals surface area contributed by atoms with Crippen LogP contribution < -0.4 is 9.47 Å². The third-order valence-electron chi connectivity index (χ3n) is 6.45. The Labute approximate surface area is 187 Å². The van der Waals surface area contributed by atoms with Crippen molar-refractivity contribution in [1.29, 1.82) is 0 Å². The predicted octanol–water partition coefficient (Wildman–Crippen LogP) is 3.78. The first-order chi connectivity index (χ1) is 15.7. The van der Waals surface area contributed by atoms with E-state index in [1.807, 2.05) is 23.2 Å². The third-order valence-corrected chi connectivity index (χ3v) is 6.45. The van der Waals surface area contributed by atoms with E-state index < -0.39 is 0 Å². The van der Waals surface area contributed by atoms with Crippen molar-refractivity contribution in [2.24, 2.45) is 0 Å². The van der Waals surface area contributed by atoms with E-state index >= 15 is 0 Å². The van der Waals surface area contributed by atoms with Crippen molar-refractivity contribution >= 4 is 17.1 Å². The third kappa shape index (κ3) is 3.68. The Bertz CT molecular complexity index is 1110. The predicted molar refractivity (Wildman–Crippen MR) is 119 cm³/mol. The van der Waals surface area contributed by atoms with Gasteiger partial charge in [0.1, 0.15) is 28.9 Å². The molecule has 3 aromatic rings. The molecule has 5 rings (SSSR count). The molecule has 0 saturated carbocycles. The molecule has 32 heavy (non-hydrogen) atoms. The normalized spacial score (nSPS) is 19.4. The number of fused-ring (bicyclic) bond motifs is 1. The van der Waals surface area contributed by atoms with Gasteiger partial charge >= 0.3 is 0 Å². The second-order valence-electron chi connectivity index (χ2n) is 8.28. The summed E-state index contributed by atoms with van der Waals surface area (Å²) in [7, 11) is 3.17. The molecule has 2 saturated heterocycles. The molecular formula is C24H28N4O4. The van der Waals surface area contributed by atoms with Gasteiger partial charge < -0.3 is 23.7 Å². The van der Waals surface area contributed by atoms with Crippen molar-refractivity contribution in [1.82, 2.24) is 19.4 Å². The first-order valence-electron chi connectivity index (χ1n) is 11.2. The zero-order valence-corrected chi connectivity index (χ0v) is 18.5. The lowest BCUT2D eigenvalue weighted by atomic mass is 10.0. The van der Waals surface area contributed by atoms with E-state index in [0.717, 1.165) is 49.3 Å². The first kappa shape index (κ1) is 20.8. The van der Waals surface area contributed by atoms with E-state index in [1.165, 1.54) is 0 Å². The number of ether oxygens (including phenoxy) is 3. The standard InChI is InChI=1S/C24H28N4O4/c1-30-17-7-8-18(21(15-17)31-2)24(29)27-12-9-16(10-13-27)28-22-19(5-3-11-25-22)26-23(28)20-6-4-14-32-20/h3,5,7-8,11,15-16,20H,4,6,9-10,12-14H2,1-2H3. The van der Waals surface area contributed by atoms with Gasteiger partial charge in [0.2, 0.25) is 0 Å². The van der Waals surface area contributed by atoms with Crippen LogP contribution in [0.4, 0.5) is 0 Å². The molecular weight excluding hydrogens is 408 g/mol. The number of hydrogen-bond acceptors (Lipinski definition) is 6. The number of methoxy groups -OCH3 is 2. The summed E-state index contributed by atoms with van der Waals surface area (Å²) in [6.07, 6.45) is 5.55. The van der Waals surface area contributed by atoms with Crippen molar-refractivity contribution in [2.45, 2.75) is 37.8 Å². The lowest BCUT2D eigenvalue weighted by Crippen LogP contribution is -2.39. The second-order valence-corrected chi connectivity index (χ2v) is 8.28. The molecule has 0 bridgehead atoms. The van der Waals surface area contributed by atoms with Gasteiger partial charge in [-0.3, -0.25) is 4.79 Å². The zero-order valence-electron chi connectivity index (χ0n) is 18.5. The number of nitrogens with zero attached hydrogens (tertiary/aromatic N) is 4. The number of carbonyl (C=O) groups is 1. The Morgan fingerprint density at radius 3 is 2.69 bits per heavy atom. The molecule has 1 amide bonds. The average molecular weight is 437 g/mol. The number of rotatable bonds is 5. The van der Waals surface area contributed by atoms with E-state index in [4.69, 9.17) is 19.2 Å². The van der Waals surface area contributed by atoms with Crippen LogP contribution in [0.15, 0.2) is 36.5 Å². The van der Waals surface area contributed by atoms with Gasteiger partial charge in [-0.2, -0.15) is 0 Å². The fourth-order valence-electron chi connectivity index (χ4n) is 4.79. The Kier molecular flexibility index (Phi) is 5.70. The largest absolute Gasteiger partial charge is 0.497 e. The van der Waals surface area contributed by atoms with Crippen LogP contribution in [0.1, 0.15) is 54.0 Å². The van der Waals surface area contributed by atoms with Crippen LogP contribution in [0.25, 0.3) is 11.2 Å². The molecule has 168 valence electrons. The average Bonchev–Trinajstić information content (AvgIpc) is 3.51. The highest BCUT2D eigenvalue weighted by molar-refractivity contribution is 5.97. The van der Waals surface area contributed by atoms with Crippen molar-refractivity contribution in [3.8, 4) is 11.5 Å². The van der Waals surface area contributed by atoms with Crippen molar-refractivity contribution in [2.75, 3.05) is 33.9 Å². The number of imidazole rings is 1. The number of aromatic nitrogens is 3. The monoisotopic (exact) mass is 436 g/mol. The molecule has 2 aliphatic heterocycles. The molecule has 0 spiro atoms. The molecule has 1 aromatic carbocycles. The van der Waals surface area contributed by atoms with Gasteiger partial charge in [-0.25, -0.2) is 9.97 Å². The van der Waals surface area contributed by atoms with Crippen LogP contribution in [0.5, 0.6) is 11.5 Å². The highest BCUT2D eigenvalue weighted by atomic mass is 16.5. The zero-order chi connectivity index (χ0) is 22.1. The highest BCUT2D eigenvalue weighted by Gasteiger charge is 2.32. The highest BCUT2D eigenvalue weighted by Crippen LogP contribution is 2.36. The van der Waals surface area contributed by atoms with Crippen molar-refractivity contribution in [3.05, 3.63) is 47.9 Å². The van der Waals surface area contributed by atoms with Gasteiger partial charge in [0.05, 0.1) is 19.8 Å². The number of benzene rings is 1. The SMILES string of the molecule is COc1ccc(C(=O)N2CCC(n3c(C4CCCO4)nc4cccnc43)CC2)c(OC)c1. The Morgan fingerprint density at radius 1 is 1.12 bits per heavy atom. The molecule has 0 radical (unpaired) electrons. The minimum Gasteiger partial charge on any atom is -0.497 e. The van der Waals surface area contributed by atoms with E-state index in [-0.39, 0.29) is 18.1 Å². The number of likely N-dealkylation sites (tertiary alicyclic amines) is 1. The minimum absolute atomic E-state index is 0.0177. The Morgan fingerprint density at radius 2 is 1.97 bits per heavy atom. The number of pyridine rings is 1. The summed E-state index contributed by atoms with van der Waals surface area (Å²) in [6.45, 7) is 2.10. The van der Waals surface area contributed by atoms with Gasteiger partial charge in [0.25, 0.3) is 5.91 Å². The van der Waals surface area contributed by atoms with E-state index in [1.54, 1.807) is 32.4 Å². The molecule has 1 atom stereocenters. The number of piperidine rings is 1. The maximum atomic E-state index is 13.2. The van der Waals surface area contributed by atoms with Gasteiger partial charge in [-0.15, -0.1) is 0 Å². The van der Waals surface area contributed by atoms with Crippen LogP contribution >= 0.6 is 0 Å². The summed E-state index contributed by atoms with van der Waals surface area (Å²) in [5.74, 6) is 2.15. The summed E-state index contributed by atoms with van der Waals surface area (Å²) < 4.78 is 18.9. The van der Waals surface area contributed by atoms with Gasteiger partial charge in [-0.1, -0.05) is 0 Å². The molecule has 8 heteroatoms. The molecule has 8 nitrogen and oxygen atoms in total. The maximum absolute atomic E-state index is 13.2. The van der Waals surface area contributed by atoms with Gasteiger partial charge in [-0.05, 0) is 49.9 Å². The first-order valence-corrected chi connectivity index (χ1v) is 11.2. The molecule has 1 unspecified atom stereocenters. The fraction of sp³-hybridized carbons (Fsp3) is 0.458. The molecule has 0 N–H and O–H groups in total. The maximum Gasteiger partial charge on any atom is 0.257 e. The molecule has 2 aromatic heterocycles. The fourth-order valence-corrected chi connectivity index (χ4v) is 4.79. The van der Waals surface area contributed by atoms with Crippen LogP contribution in [-0.4, -0.2) is 59.3 Å². The Balaban J connectivity index is 1.37. The summed E-state index contributed by atoms with van der Waals surface area (Å²) in [5.41, 5.74) is 2.36. The quantitative estimate of drug-likeness (QED) is 0.606. The molecule has 4 heterocycles. The number of hydrogen-bond donors (Lipinski definition) is 0. The number of carbonyl (C=O) groups excluding carboxylic acids is 1. The van der Waals surface area contributed by atoms with Crippen LogP contribution in [0.2, 0.25) is 0 Å². The van der Waals surface area contributed by atoms with Crippen LogP contribution in [-0.2, 0) is 4.74 Å². The lowest BCUT2D eigenvalue weighted by molar-refractivity contribution is 0.0678. The topological polar surface area (TPSA) is 78.7 Å². The molecule has 0 aliphatic carbocycles. The summed E-state index contributed by atoms with van der Waals surface area (Å²) in [5, 5.41) is 0. The molecule has 2 fully saturated rings. The Hall–Kier alpha value is -3.13. The lowest BCUT2D eigenvalue weighted by Gasteiger charge is -2.34. The van der Waals surface area contributed by atoms with Gasteiger partial charge in [0.15, 0.2) is 5.65 Å². The summed E-state index contributed by atoms with van der Waals surface area (Å²) in [6, 6.07) is 9.47. The minimum atomic E-state index is -0.0177. The van der Waals surface area contributed by atoms with Crippen LogP contribution in [0.3, 0.4) is 0 Å². The van der Waals surface area contributed by atoms with E-state index in [2.05, 4.69) is 9.55 Å². The molecule has 2 aliphatic rings. The van der Waals surface area contributed by atoms with Crippen molar-refractivity contribution in [3.63, 3.8) is 0 Å². The summed E-state index contributed by atoms with van der Waals surface area (Å²) in [4.78, 5) is 24.6. The summed E-state index contributed by atoms with van der Waals surface area (Å²) >= 11 is 0. The smallest absolute Gasteiger partial charge is 0.257 e. The van der Waals surface area contributed by atoms with Gasteiger partial charge in [0, 0.05) is 38.0 Å². The van der Waals surface area contributed by atoms with E-state index in [9.17, 15) is 4.79 Å². The number of amides is 1. The van der Waals surface area contributed by atoms with E-state index in [0.29, 0.717) is 30.2 Å². The second kappa shape index (κ2) is 8.78. The van der Waals surface area contributed by atoms with Crippen LogP contribution in [0, 0.1) is 0 Å².